The standard InChI is InChI=1S/C17H22N2O4S/c1-12(20)18-11-7-10-14(24-3)15(17(22)23-2)19-16(21)13-8-5-4-6-9-13/h4-6,8-9H,7,10-11H2,1-3H3,(H,18,20)(H,19,21)/b15-14+. The summed E-state index contributed by atoms with van der Waals surface area (Å²) in [7, 11) is 1.27. The third-order valence-electron chi connectivity index (χ3n) is 3.14. The van der Waals surface area contributed by atoms with Gasteiger partial charge in [0.05, 0.1) is 7.11 Å². The van der Waals surface area contributed by atoms with E-state index in [0.717, 1.165) is 0 Å². The fourth-order valence-corrected chi connectivity index (χ4v) is 2.64. The predicted molar refractivity (Wildman–Crippen MR) is 94.4 cm³/mol. The number of allylic oxidation sites excluding steroid dienone is 1. The molecule has 0 saturated carbocycles. The molecule has 0 fully saturated rings. The summed E-state index contributed by atoms with van der Waals surface area (Å²) >= 11 is 1.37. The van der Waals surface area contributed by atoms with Gasteiger partial charge in [-0.2, -0.15) is 0 Å². The molecule has 24 heavy (non-hydrogen) atoms. The summed E-state index contributed by atoms with van der Waals surface area (Å²) in [4.78, 5) is 35.9. The first-order valence-corrected chi connectivity index (χ1v) is 8.68. The van der Waals surface area contributed by atoms with E-state index in [4.69, 9.17) is 4.74 Å². The second-order valence-corrected chi connectivity index (χ2v) is 5.80. The van der Waals surface area contributed by atoms with Gasteiger partial charge in [0.1, 0.15) is 5.70 Å². The molecule has 1 rings (SSSR count). The molecule has 1 aromatic carbocycles. The predicted octanol–water partition coefficient (Wildman–Crippen LogP) is 2.08. The summed E-state index contributed by atoms with van der Waals surface area (Å²) in [5.74, 6) is -1.07. The van der Waals surface area contributed by atoms with Crippen LogP contribution in [-0.4, -0.2) is 37.7 Å². The highest BCUT2D eigenvalue weighted by Gasteiger charge is 2.19. The summed E-state index contributed by atoms with van der Waals surface area (Å²) in [6.45, 7) is 1.95. The molecule has 1 aromatic rings. The van der Waals surface area contributed by atoms with Crippen molar-refractivity contribution in [2.24, 2.45) is 0 Å². The SMILES string of the molecule is COC(=O)/C(NC(=O)c1ccccc1)=C(/CCCNC(C)=O)SC. The van der Waals surface area contributed by atoms with Crippen molar-refractivity contribution in [1.29, 1.82) is 0 Å². The van der Waals surface area contributed by atoms with Gasteiger partial charge in [-0.25, -0.2) is 4.79 Å². The zero-order chi connectivity index (χ0) is 17.9. The van der Waals surface area contributed by atoms with Gasteiger partial charge in [0.25, 0.3) is 5.91 Å². The zero-order valence-corrected chi connectivity index (χ0v) is 14.9. The molecule has 0 heterocycles. The number of esters is 1. The van der Waals surface area contributed by atoms with Crippen LogP contribution in [-0.2, 0) is 14.3 Å². The second kappa shape index (κ2) is 10.5. The summed E-state index contributed by atoms with van der Waals surface area (Å²) in [5.41, 5.74) is 0.597. The first-order chi connectivity index (χ1) is 11.5. The highest BCUT2D eigenvalue weighted by Crippen LogP contribution is 2.22. The molecule has 2 N–H and O–H groups in total. The van der Waals surface area contributed by atoms with Crippen LogP contribution in [0.25, 0.3) is 0 Å². The number of hydrogen-bond donors (Lipinski definition) is 2. The third kappa shape index (κ3) is 6.45. The van der Waals surface area contributed by atoms with E-state index in [9.17, 15) is 14.4 Å². The van der Waals surface area contributed by atoms with Gasteiger partial charge >= 0.3 is 5.97 Å². The van der Waals surface area contributed by atoms with Gasteiger partial charge in [0.15, 0.2) is 0 Å². The Bertz CT molecular complexity index is 614. The van der Waals surface area contributed by atoms with Crippen molar-refractivity contribution in [3.63, 3.8) is 0 Å². The molecule has 0 saturated heterocycles. The lowest BCUT2D eigenvalue weighted by Crippen LogP contribution is -2.29. The van der Waals surface area contributed by atoms with Crippen LogP contribution in [0.3, 0.4) is 0 Å². The van der Waals surface area contributed by atoms with Gasteiger partial charge in [-0.05, 0) is 31.2 Å². The summed E-state index contributed by atoms with van der Waals surface area (Å²) in [6, 6.07) is 8.64. The van der Waals surface area contributed by atoms with Crippen LogP contribution in [0, 0.1) is 0 Å². The Hall–Kier alpha value is -2.28. The highest BCUT2D eigenvalue weighted by atomic mass is 32.2. The number of methoxy groups -OCH3 is 1. The number of thioether (sulfide) groups is 1. The third-order valence-corrected chi connectivity index (χ3v) is 4.04. The largest absolute Gasteiger partial charge is 0.464 e. The van der Waals surface area contributed by atoms with Crippen LogP contribution in [0.5, 0.6) is 0 Å². The molecule has 0 radical (unpaired) electrons. The fourth-order valence-electron chi connectivity index (χ4n) is 1.95. The molecule has 2 amide bonds. The van der Waals surface area contributed by atoms with Crippen LogP contribution in [0.1, 0.15) is 30.1 Å². The van der Waals surface area contributed by atoms with Gasteiger partial charge in [-0.1, -0.05) is 18.2 Å². The van der Waals surface area contributed by atoms with E-state index in [1.54, 1.807) is 24.3 Å². The Morgan fingerprint density at radius 3 is 2.38 bits per heavy atom. The first kappa shape index (κ1) is 19.8. The van der Waals surface area contributed by atoms with Gasteiger partial charge in [-0.3, -0.25) is 9.59 Å². The van der Waals surface area contributed by atoms with E-state index in [1.165, 1.54) is 25.8 Å². The number of ether oxygens (including phenoxy) is 1. The molecule has 0 aromatic heterocycles. The summed E-state index contributed by atoms with van der Waals surface area (Å²) < 4.78 is 4.78. The maximum atomic E-state index is 12.3. The van der Waals surface area contributed by atoms with Crippen LogP contribution in [0.15, 0.2) is 40.9 Å². The van der Waals surface area contributed by atoms with Gasteiger partial charge in [-0.15, -0.1) is 11.8 Å². The topological polar surface area (TPSA) is 84.5 Å². The molecule has 0 bridgehead atoms. The number of nitrogens with one attached hydrogen (secondary N) is 2. The van der Waals surface area contributed by atoms with Gasteiger partial charge < -0.3 is 15.4 Å². The lowest BCUT2D eigenvalue weighted by molar-refractivity contribution is -0.136. The number of benzene rings is 1. The van der Waals surface area contributed by atoms with Crippen molar-refractivity contribution in [1.82, 2.24) is 10.6 Å². The molecule has 0 aliphatic carbocycles. The maximum absolute atomic E-state index is 12.3. The number of hydrogen-bond acceptors (Lipinski definition) is 5. The minimum Gasteiger partial charge on any atom is -0.464 e. The van der Waals surface area contributed by atoms with Crippen molar-refractivity contribution in [3.05, 3.63) is 46.5 Å². The van der Waals surface area contributed by atoms with Crippen molar-refractivity contribution in [3.8, 4) is 0 Å². The Balaban J connectivity index is 2.89. The zero-order valence-electron chi connectivity index (χ0n) is 14.0. The Morgan fingerprint density at radius 1 is 1.17 bits per heavy atom. The minimum absolute atomic E-state index is 0.102. The van der Waals surface area contributed by atoms with E-state index < -0.39 is 5.97 Å². The van der Waals surface area contributed by atoms with Gasteiger partial charge in [0.2, 0.25) is 5.91 Å². The quantitative estimate of drug-likeness (QED) is 0.426. The van der Waals surface area contributed by atoms with Crippen LogP contribution in [0.2, 0.25) is 0 Å². The lowest BCUT2D eigenvalue weighted by Gasteiger charge is -2.13. The number of rotatable bonds is 8. The van der Waals surface area contributed by atoms with Crippen molar-refractivity contribution >= 4 is 29.5 Å². The molecule has 7 heteroatoms. The summed E-state index contributed by atoms with van der Waals surface area (Å²) in [5, 5.41) is 5.34. The Kier molecular flexibility index (Phi) is 8.64. The first-order valence-electron chi connectivity index (χ1n) is 7.45. The molecule has 0 atom stereocenters. The average molecular weight is 350 g/mol. The Morgan fingerprint density at radius 2 is 1.83 bits per heavy atom. The molecule has 0 aliphatic rings. The summed E-state index contributed by atoms with van der Waals surface area (Å²) in [6.07, 6.45) is 3.02. The van der Waals surface area contributed by atoms with Crippen molar-refractivity contribution < 1.29 is 19.1 Å². The second-order valence-electron chi connectivity index (χ2n) is 4.90. The molecular formula is C17H22N2O4S. The monoisotopic (exact) mass is 350 g/mol. The number of carbonyl (C=O) groups excluding carboxylic acids is 3. The fraction of sp³-hybridized carbons (Fsp3) is 0.353. The van der Waals surface area contributed by atoms with Crippen LogP contribution < -0.4 is 10.6 Å². The molecule has 0 unspecified atom stereocenters. The van der Waals surface area contributed by atoms with E-state index in [0.29, 0.717) is 29.9 Å². The van der Waals surface area contributed by atoms with Crippen molar-refractivity contribution in [2.45, 2.75) is 19.8 Å². The molecule has 0 spiro atoms. The minimum atomic E-state index is -0.594. The molecule has 0 aliphatic heterocycles. The van der Waals surface area contributed by atoms with E-state index >= 15 is 0 Å². The molecule has 6 nitrogen and oxygen atoms in total. The van der Waals surface area contributed by atoms with E-state index in [-0.39, 0.29) is 17.5 Å². The van der Waals surface area contributed by atoms with Crippen LogP contribution >= 0.6 is 11.8 Å². The Labute approximate surface area is 146 Å². The average Bonchev–Trinajstić information content (AvgIpc) is 2.60. The molecule has 130 valence electrons. The maximum Gasteiger partial charge on any atom is 0.355 e. The van der Waals surface area contributed by atoms with E-state index in [2.05, 4.69) is 10.6 Å². The molecular weight excluding hydrogens is 328 g/mol. The smallest absolute Gasteiger partial charge is 0.355 e. The lowest BCUT2D eigenvalue weighted by atomic mass is 10.2. The number of carbonyl (C=O) groups is 3. The normalized spacial score (nSPS) is 11.3. The van der Waals surface area contributed by atoms with Crippen LogP contribution in [0.4, 0.5) is 0 Å². The highest BCUT2D eigenvalue weighted by molar-refractivity contribution is 8.02. The van der Waals surface area contributed by atoms with Gasteiger partial charge in [0, 0.05) is 23.9 Å². The van der Waals surface area contributed by atoms with E-state index in [1.807, 2.05) is 12.3 Å². The van der Waals surface area contributed by atoms with Crippen molar-refractivity contribution in [2.75, 3.05) is 19.9 Å². The number of amides is 2.